The van der Waals surface area contributed by atoms with Crippen molar-refractivity contribution in [2.75, 3.05) is 0 Å². The predicted octanol–water partition coefficient (Wildman–Crippen LogP) is 3.90. The van der Waals surface area contributed by atoms with Gasteiger partial charge >= 0.3 is 0 Å². The van der Waals surface area contributed by atoms with Crippen LogP contribution in [0.2, 0.25) is 0 Å². The van der Waals surface area contributed by atoms with Gasteiger partial charge in [0.05, 0.1) is 16.2 Å². The summed E-state index contributed by atoms with van der Waals surface area (Å²) in [4.78, 5) is 4.38. The molecule has 0 unspecified atom stereocenters. The van der Waals surface area contributed by atoms with E-state index in [1.807, 2.05) is 39.0 Å². The molecule has 3 nitrogen and oxygen atoms in total. The maximum Gasteiger partial charge on any atom is 0.145 e. The van der Waals surface area contributed by atoms with Crippen LogP contribution in [0.3, 0.4) is 0 Å². The number of hydrogen-bond donors (Lipinski definition) is 0. The van der Waals surface area contributed by atoms with Gasteiger partial charge < -0.3 is 0 Å². The Hall–Kier alpha value is -0.550. The van der Waals surface area contributed by atoms with E-state index in [1.54, 1.807) is 0 Å². The summed E-state index contributed by atoms with van der Waals surface area (Å²) in [5.74, 6) is 0. The first kappa shape index (κ1) is 15.5. The summed E-state index contributed by atoms with van der Waals surface area (Å²) in [6.45, 7) is 7.84. The predicted molar refractivity (Wildman–Crippen MR) is 81.3 cm³/mol. The highest BCUT2D eigenvalue weighted by atomic mass is 79.9. The number of pyridine rings is 1. The molecule has 0 fully saturated rings. The minimum absolute atomic E-state index is 0.342. The van der Waals surface area contributed by atoms with Gasteiger partial charge in [0.15, 0.2) is 0 Å². The molecule has 1 atom stereocenters. The fourth-order valence-corrected chi connectivity index (χ4v) is 2.27. The number of rotatable bonds is 4. The number of halogens is 1. The molecule has 100 valence electrons. The van der Waals surface area contributed by atoms with Crippen LogP contribution < -0.4 is 0 Å². The topological polar surface area (TPSA) is 42.3 Å². The molecule has 0 saturated heterocycles. The van der Waals surface area contributed by atoms with Crippen LogP contribution in [0.15, 0.2) is 27.2 Å². The van der Waals surface area contributed by atoms with Gasteiger partial charge in [-0.25, -0.2) is 9.19 Å². The highest BCUT2D eigenvalue weighted by Crippen LogP contribution is 2.16. The van der Waals surface area contributed by atoms with Crippen molar-refractivity contribution in [3.8, 4) is 0 Å². The maximum atomic E-state index is 12.1. The molecule has 0 aliphatic rings. The lowest BCUT2D eigenvalue weighted by Crippen LogP contribution is -2.21. The van der Waals surface area contributed by atoms with Gasteiger partial charge in [-0.05, 0) is 55.3 Å². The minimum atomic E-state index is -1.24. The van der Waals surface area contributed by atoms with Gasteiger partial charge in [-0.2, -0.15) is 4.40 Å². The molecule has 0 aromatic carbocycles. The van der Waals surface area contributed by atoms with E-state index in [9.17, 15) is 4.21 Å². The first-order valence-corrected chi connectivity index (χ1v) is 7.87. The van der Waals surface area contributed by atoms with Crippen LogP contribution in [0, 0.1) is 0 Å². The highest BCUT2D eigenvalue weighted by molar-refractivity contribution is 9.10. The van der Waals surface area contributed by atoms with Crippen LogP contribution in [0.5, 0.6) is 0 Å². The number of aromatic nitrogens is 1. The van der Waals surface area contributed by atoms with E-state index in [-0.39, 0.29) is 4.75 Å². The Morgan fingerprint density at radius 1 is 1.44 bits per heavy atom. The molecule has 0 aliphatic heterocycles. The van der Waals surface area contributed by atoms with Crippen molar-refractivity contribution >= 4 is 32.6 Å². The van der Waals surface area contributed by atoms with Crippen LogP contribution in [-0.4, -0.2) is 19.7 Å². The Kier molecular flexibility index (Phi) is 5.66. The van der Waals surface area contributed by atoms with E-state index in [4.69, 9.17) is 0 Å². The first-order chi connectivity index (χ1) is 8.34. The van der Waals surface area contributed by atoms with E-state index in [0.29, 0.717) is 0 Å². The monoisotopic (exact) mass is 330 g/mol. The van der Waals surface area contributed by atoms with Gasteiger partial charge in [0.2, 0.25) is 0 Å². The summed E-state index contributed by atoms with van der Waals surface area (Å²) >= 11 is 3.35. The lowest BCUT2D eigenvalue weighted by Gasteiger charge is -2.15. The van der Waals surface area contributed by atoms with E-state index >= 15 is 0 Å². The summed E-state index contributed by atoms with van der Waals surface area (Å²) in [6.07, 6.45) is 1.74. The molecule has 0 radical (unpaired) electrons. The molecule has 1 heterocycles. The van der Waals surface area contributed by atoms with Crippen molar-refractivity contribution in [1.29, 1.82) is 0 Å². The molecular formula is C13H19BrN2OS. The van der Waals surface area contributed by atoms with Gasteiger partial charge in [0.1, 0.15) is 15.6 Å². The van der Waals surface area contributed by atoms with Crippen molar-refractivity contribution in [2.45, 2.75) is 45.3 Å². The van der Waals surface area contributed by atoms with Crippen LogP contribution in [0.1, 0.15) is 46.2 Å². The Morgan fingerprint density at radius 2 is 2.11 bits per heavy atom. The van der Waals surface area contributed by atoms with Gasteiger partial charge in [0, 0.05) is 0 Å². The van der Waals surface area contributed by atoms with Crippen molar-refractivity contribution in [1.82, 2.24) is 4.98 Å². The van der Waals surface area contributed by atoms with Crippen LogP contribution >= 0.6 is 15.9 Å². The number of hydrogen-bond acceptors (Lipinski definition) is 2. The normalized spacial score (nSPS) is 14.6. The molecule has 0 bridgehead atoms. The van der Waals surface area contributed by atoms with Crippen LogP contribution in [0.25, 0.3) is 0 Å². The molecular weight excluding hydrogens is 312 g/mol. The molecule has 1 aromatic heterocycles. The van der Waals surface area contributed by atoms with Crippen LogP contribution in [0.4, 0.5) is 0 Å². The third-order valence-corrected chi connectivity index (χ3v) is 4.09. The summed E-state index contributed by atoms with van der Waals surface area (Å²) in [7, 11) is -1.24. The Labute approximate surface area is 120 Å². The van der Waals surface area contributed by atoms with Crippen LogP contribution in [-0.2, 0) is 11.0 Å². The van der Waals surface area contributed by atoms with Gasteiger partial charge in [0.25, 0.3) is 0 Å². The highest BCUT2D eigenvalue weighted by Gasteiger charge is 2.20. The lowest BCUT2D eigenvalue weighted by atomic mass is 10.1. The van der Waals surface area contributed by atoms with Crippen molar-refractivity contribution in [3.63, 3.8) is 0 Å². The second-order valence-electron chi connectivity index (χ2n) is 5.00. The summed E-state index contributed by atoms with van der Waals surface area (Å²) < 4.78 is 16.9. The third-order valence-electron chi connectivity index (χ3n) is 2.21. The standard InChI is InChI=1S/C13H19BrN2OS/c1-5-7-11(16-18(17)13(2,3)4)10-8-6-9-12(14)15-10/h6,8-9H,5,7H2,1-4H3/t18-/m0/s1. The van der Waals surface area contributed by atoms with Gasteiger partial charge in [-0.3, -0.25) is 0 Å². The molecule has 5 heteroatoms. The average Bonchev–Trinajstić information content (AvgIpc) is 2.27. The first-order valence-electron chi connectivity index (χ1n) is 5.97. The molecule has 0 spiro atoms. The molecule has 1 aromatic rings. The summed E-state index contributed by atoms with van der Waals surface area (Å²) in [5.41, 5.74) is 1.61. The molecule has 18 heavy (non-hydrogen) atoms. The average molecular weight is 331 g/mol. The zero-order chi connectivity index (χ0) is 13.8. The maximum absolute atomic E-state index is 12.1. The molecule has 0 saturated carbocycles. The third kappa shape index (κ3) is 4.61. The van der Waals surface area contributed by atoms with E-state index < -0.39 is 11.0 Å². The lowest BCUT2D eigenvalue weighted by molar-refractivity contribution is 0.650. The Bertz CT molecular complexity index is 466. The minimum Gasteiger partial charge on any atom is -0.240 e. The molecule has 0 aliphatic carbocycles. The molecule has 0 N–H and O–H groups in total. The van der Waals surface area contributed by atoms with Crippen molar-refractivity contribution in [2.24, 2.45) is 4.40 Å². The SMILES string of the molecule is CCCC(=N[S@@](=O)C(C)(C)C)c1cccc(Br)n1. The van der Waals surface area contributed by atoms with Gasteiger partial charge in [-0.15, -0.1) is 0 Å². The zero-order valence-electron chi connectivity index (χ0n) is 11.2. The van der Waals surface area contributed by atoms with Crippen molar-refractivity contribution < 1.29 is 4.21 Å². The van der Waals surface area contributed by atoms with E-state index in [0.717, 1.165) is 28.9 Å². The van der Waals surface area contributed by atoms with E-state index in [1.165, 1.54) is 0 Å². The smallest absolute Gasteiger partial charge is 0.145 e. The molecule has 0 amide bonds. The Balaban J connectivity index is 3.10. The number of nitrogens with zero attached hydrogens (tertiary/aromatic N) is 2. The fraction of sp³-hybridized carbons (Fsp3) is 0.538. The molecule has 1 rings (SSSR count). The fourth-order valence-electron chi connectivity index (χ4n) is 1.26. The summed E-state index contributed by atoms with van der Waals surface area (Å²) in [6, 6.07) is 5.69. The second kappa shape index (κ2) is 6.57. The largest absolute Gasteiger partial charge is 0.240 e. The Morgan fingerprint density at radius 3 is 2.61 bits per heavy atom. The van der Waals surface area contributed by atoms with E-state index in [2.05, 4.69) is 32.2 Å². The zero-order valence-corrected chi connectivity index (χ0v) is 13.6. The quantitative estimate of drug-likeness (QED) is 0.620. The second-order valence-corrected chi connectivity index (χ2v) is 7.71. The van der Waals surface area contributed by atoms with Gasteiger partial charge in [-0.1, -0.05) is 19.4 Å². The van der Waals surface area contributed by atoms with Crippen molar-refractivity contribution in [3.05, 3.63) is 28.5 Å². The summed E-state index contributed by atoms with van der Waals surface area (Å²) in [5, 5.41) is 0.